The molecule has 0 radical (unpaired) electrons. The Hall–Kier alpha value is -0.450. The van der Waals surface area contributed by atoms with Crippen LogP contribution >= 0.6 is 11.3 Å². The van der Waals surface area contributed by atoms with Gasteiger partial charge in [0.1, 0.15) is 0 Å². The summed E-state index contributed by atoms with van der Waals surface area (Å²) < 4.78 is 0. The van der Waals surface area contributed by atoms with Crippen LogP contribution in [0.1, 0.15) is 25.5 Å². The highest BCUT2D eigenvalue weighted by molar-refractivity contribution is 7.07. The van der Waals surface area contributed by atoms with E-state index in [1.807, 2.05) is 5.51 Å². The molecule has 3 nitrogen and oxygen atoms in total. The normalized spacial score (nSPS) is 19.1. The Bertz CT molecular complexity index is 278. The number of likely N-dealkylation sites (tertiary alicyclic amines) is 1. The van der Waals surface area contributed by atoms with E-state index in [4.69, 9.17) is 0 Å². The monoisotopic (exact) mass is 239 g/mol. The summed E-state index contributed by atoms with van der Waals surface area (Å²) in [4.78, 5) is 6.82. The van der Waals surface area contributed by atoms with Gasteiger partial charge >= 0.3 is 0 Å². The molecule has 1 saturated heterocycles. The number of nitrogens with zero attached hydrogens (tertiary/aromatic N) is 2. The van der Waals surface area contributed by atoms with Gasteiger partial charge in [-0.2, -0.15) is 0 Å². The fourth-order valence-corrected chi connectivity index (χ4v) is 2.62. The second kappa shape index (κ2) is 6.33. The summed E-state index contributed by atoms with van der Waals surface area (Å²) in [5, 5.41) is 5.56. The molecule has 2 rings (SSSR count). The smallest absolute Gasteiger partial charge is 0.0795 e. The minimum atomic E-state index is 0.910. The molecule has 1 aliphatic rings. The van der Waals surface area contributed by atoms with E-state index in [1.54, 1.807) is 11.3 Å². The summed E-state index contributed by atoms with van der Waals surface area (Å²) in [6.07, 6.45) is 2.73. The van der Waals surface area contributed by atoms with Gasteiger partial charge in [-0.25, -0.2) is 4.98 Å². The van der Waals surface area contributed by atoms with Crippen molar-refractivity contribution in [1.29, 1.82) is 0 Å². The Morgan fingerprint density at radius 1 is 1.50 bits per heavy atom. The van der Waals surface area contributed by atoms with Crippen molar-refractivity contribution in [2.24, 2.45) is 5.92 Å². The SMILES string of the molecule is CC1CCN(CCNCc2cscn2)CC1. The minimum absolute atomic E-state index is 0.910. The Balaban J connectivity index is 1.55. The number of thiazole rings is 1. The molecule has 2 heterocycles. The summed E-state index contributed by atoms with van der Waals surface area (Å²) >= 11 is 1.66. The van der Waals surface area contributed by atoms with Crippen molar-refractivity contribution in [2.45, 2.75) is 26.3 Å². The molecule has 90 valence electrons. The molecule has 1 N–H and O–H groups in total. The van der Waals surface area contributed by atoms with Gasteiger partial charge in [-0.05, 0) is 31.8 Å². The van der Waals surface area contributed by atoms with E-state index < -0.39 is 0 Å². The van der Waals surface area contributed by atoms with E-state index >= 15 is 0 Å². The number of nitrogens with one attached hydrogen (secondary N) is 1. The van der Waals surface area contributed by atoms with Crippen molar-refractivity contribution in [3.63, 3.8) is 0 Å². The number of hydrogen-bond donors (Lipinski definition) is 1. The van der Waals surface area contributed by atoms with Crippen molar-refractivity contribution in [3.8, 4) is 0 Å². The topological polar surface area (TPSA) is 28.2 Å². The molecule has 0 saturated carbocycles. The van der Waals surface area contributed by atoms with E-state index in [1.165, 1.54) is 32.5 Å². The second-order valence-electron chi connectivity index (χ2n) is 4.68. The molecule has 0 amide bonds. The quantitative estimate of drug-likeness (QED) is 0.796. The van der Waals surface area contributed by atoms with Gasteiger partial charge in [-0.3, -0.25) is 0 Å². The zero-order valence-electron chi connectivity index (χ0n) is 9.98. The number of aromatic nitrogens is 1. The number of rotatable bonds is 5. The van der Waals surface area contributed by atoms with Gasteiger partial charge in [-0.15, -0.1) is 11.3 Å². The van der Waals surface area contributed by atoms with Gasteiger partial charge in [0.25, 0.3) is 0 Å². The first-order valence-corrected chi connectivity index (χ1v) is 7.09. The van der Waals surface area contributed by atoms with E-state index in [0.29, 0.717) is 0 Å². The Labute approximate surface area is 102 Å². The molecule has 4 heteroatoms. The molecule has 0 spiro atoms. The van der Waals surface area contributed by atoms with E-state index in [0.717, 1.165) is 24.7 Å². The summed E-state index contributed by atoms with van der Waals surface area (Å²) in [5.41, 5.74) is 3.06. The molecule has 0 unspecified atom stereocenters. The minimum Gasteiger partial charge on any atom is -0.310 e. The Morgan fingerprint density at radius 2 is 2.31 bits per heavy atom. The van der Waals surface area contributed by atoms with Gasteiger partial charge in [0.05, 0.1) is 11.2 Å². The van der Waals surface area contributed by atoms with Crippen LogP contribution in [-0.2, 0) is 6.54 Å². The first kappa shape index (κ1) is 12.0. The fraction of sp³-hybridized carbons (Fsp3) is 0.750. The van der Waals surface area contributed by atoms with E-state index in [9.17, 15) is 0 Å². The maximum Gasteiger partial charge on any atom is 0.0795 e. The lowest BCUT2D eigenvalue weighted by molar-refractivity contribution is 0.193. The molecule has 0 aliphatic carbocycles. The largest absolute Gasteiger partial charge is 0.310 e. The summed E-state index contributed by atoms with van der Waals surface area (Å²) in [6, 6.07) is 0. The lowest BCUT2D eigenvalue weighted by Crippen LogP contribution is -2.37. The zero-order chi connectivity index (χ0) is 11.2. The highest BCUT2D eigenvalue weighted by atomic mass is 32.1. The van der Waals surface area contributed by atoms with E-state index in [2.05, 4.69) is 27.5 Å². The van der Waals surface area contributed by atoms with Crippen LogP contribution in [0.3, 0.4) is 0 Å². The molecule has 0 atom stereocenters. The summed E-state index contributed by atoms with van der Waals surface area (Å²) in [5.74, 6) is 0.930. The first-order chi connectivity index (χ1) is 7.84. The third-order valence-corrected chi connectivity index (χ3v) is 3.91. The highest BCUT2D eigenvalue weighted by Crippen LogP contribution is 2.15. The lowest BCUT2D eigenvalue weighted by Gasteiger charge is -2.30. The van der Waals surface area contributed by atoms with E-state index in [-0.39, 0.29) is 0 Å². The van der Waals surface area contributed by atoms with Crippen molar-refractivity contribution < 1.29 is 0 Å². The molecule has 0 aromatic carbocycles. The average molecular weight is 239 g/mol. The predicted molar refractivity (Wildman–Crippen MR) is 68.7 cm³/mol. The standard InChI is InChI=1S/C12H21N3S/c1-11-2-5-15(6-3-11)7-4-13-8-12-9-16-10-14-12/h9-11,13H,2-8H2,1H3. The van der Waals surface area contributed by atoms with Crippen LogP contribution in [0.25, 0.3) is 0 Å². The van der Waals surface area contributed by atoms with Gasteiger partial charge in [0.2, 0.25) is 0 Å². The van der Waals surface area contributed by atoms with Crippen LogP contribution in [-0.4, -0.2) is 36.1 Å². The molecule has 1 aliphatic heterocycles. The molecule has 0 bridgehead atoms. The van der Waals surface area contributed by atoms with Crippen molar-refractivity contribution in [2.75, 3.05) is 26.2 Å². The number of hydrogen-bond acceptors (Lipinski definition) is 4. The second-order valence-corrected chi connectivity index (χ2v) is 5.40. The van der Waals surface area contributed by atoms with Crippen LogP contribution < -0.4 is 5.32 Å². The zero-order valence-corrected chi connectivity index (χ0v) is 10.8. The molecule has 1 aromatic rings. The number of piperidine rings is 1. The molecule has 1 aromatic heterocycles. The van der Waals surface area contributed by atoms with Crippen molar-refractivity contribution in [3.05, 3.63) is 16.6 Å². The van der Waals surface area contributed by atoms with Gasteiger partial charge < -0.3 is 10.2 Å². The van der Waals surface area contributed by atoms with Crippen LogP contribution in [0.5, 0.6) is 0 Å². The summed E-state index contributed by atoms with van der Waals surface area (Å²) in [7, 11) is 0. The fourth-order valence-electron chi connectivity index (χ4n) is 2.06. The van der Waals surface area contributed by atoms with Gasteiger partial charge in [-0.1, -0.05) is 6.92 Å². The third-order valence-electron chi connectivity index (χ3n) is 3.27. The predicted octanol–water partition coefficient (Wildman–Crippen LogP) is 1.96. The van der Waals surface area contributed by atoms with Crippen LogP contribution in [0.4, 0.5) is 0 Å². The summed E-state index contributed by atoms with van der Waals surface area (Å²) in [6.45, 7) is 8.08. The maximum atomic E-state index is 4.25. The van der Waals surface area contributed by atoms with Gasteiger partial charge in [0, 0.05) is 25.0 Å². The molecular formula is C12H21N3S. The van der Waals surface area contributed by atoms with Crippen LogP contribution in [0.2, 0.25) is 0 Å². The maximum absolute atomic E-state index is 4.25. The lowest BCUT2D eigenvalue weighted by atomic mass is 9.99. The van der Waals surface area contributed by atoms with Crippen molar-refractivity contribution >= 4 is 11.3 Å². The highest BCUT2D eigenvalue weighted by Gasteiger charge is 2.14. The molecule has 16 heavy (non-hydrogen) atoms. The van der Waals surface area contributed by atoms with Crippen LogP contribution in [0, 0.1) is 5.92 Å². The first-order valence-electron chi connectivity index (χ1n) is 6.15. The Morgan fingerprint density at radius 3 is 3.00 bits per heavy atom. The third kappa shape index (κ3) is 3.85. The van der Waals surface area contributed by atoms with Crippen molar-refractivity contribution in [1.82, 2.24) is 15.2 Å². The van der Waals surface area contributed by atoms with Gasteiger partial charge in [0.15, 0.2) is 0 Å². The average Bonchev–Trinajstić information content (AvgIpc) is 2.80. The molecule has 1 fully saturated rings. The molecular weight excluding hydrogens is 218 g/mol. The van der Waals surface area contributed by atoms with Crippen LogP contribution in [0.15, 0.2) is 10.9 Å². The Kier molecular flexibility index (Phi) is 4.75.